The monoisotopic (exact) mass is 356 g/mol. The minimum Gasteiger partial charge on any atom is -0.322 e. The van der Waals surface area contributed by atoms with Crippen LogP contribution >= 0.6 is 11.6 Å². The topological polar surface area (TPSA) is 90.1 Å². The Morgan fingerprint density at radius 2 is 2.12 bits per heavy atom. The summed E-state index contributed by atoms with van der Waals surface area (Å²) < 4.78 is 1.75. The molecule has 1 heterocycles. The molecule has 0 fully saturated rings. The second-order valence-electron chi connectivity index (χ2n) is 5.30. The number of anilines is 1. The van der Waals surface area contributed by atoms with Crippen molar-refractivity contribution in [1.29, 1.82) is 0 Å². The van der Waals surface area contributed by atoms with Crippen LogP contribution in [0.5, 0.6) is 0 Å². The molecule has 8 heteroatoms. The van der Waals surface area contributed by atoms with Crippen LogP contribution in [0.3, 0.4) is 0 Å². The third kappa shape index (κ3) is 3.36. The van der Waals surface area contributed by atoms with Gasteiger partial charge in [-0.05, 0) is 31.2 Å². The minimum atomic E-state index is -0.511. The average Bonchev–Trinajstić information content (AvgIpc) is 3.09. The predicted octanol–water partition coefficient (Wildman–Crippen LogP) is 3.99. The SMILES string of the molecule is Cc1c(C(=O)Nc2ccc(-n3ccnc3)c(Cl)c2)cccc1[N+](=O)[O-]. The molecule has 3 aromatic rings. The summed E-state index contributed by atoms with van der Waals surface area (Å²) in [6.07, 6.45) is 5.01. The van der Waals surface area contributed by atoms with Gasteiger partial charge in [0.1, 0.15) is 0 Å². The largest absolute Gasteiger partial charge is 0.322 e. The summed E-state index contributed by atoms with van der Waals surface area (Å²) in [4.78, 5) is 26.9. The molecule has 1 amide bonds. The van der Waals surface area contributed by atoms with Crippen molar-refractivity contribution in [1.82, 2.24) is 9.55 Å². The van der Waals surface area contributed by atoms with E-state index in [0.29, 0.717) is 16.3 Å². The van der Waals surface area contributed by atoms with E-state index in [1.54, 1.807) is 54.5 Å². The van der Waals surface area contributed by atoms with E-state index < -0.39 is 10.8 Å². The summed E-state index contributed by atoms with van der Waals surface area (Å²) in [5.74, 6) is -0.437. The molecule has 25 heavy (non-hydrogen) atoms. The van der Waals surface area contributed by atoms with E-state index in [1.165, 1.54) is 12.1 Å². The Hall–Kier alpha value is -3.19. The van der Waals surface area contributed by atoms with Gasteiger partial charge < -0.3 is 9.88 Å². The lowest BCUT2D eigenvalue weighted by molar-refractivity contribution is -0.385. The Bertz CT molecular complexity index is 955. The summed E-state index contributed by atoms with van der Waals surface area (Å²) >= 11 is 6.26. The van der Waals surface area contributed by atoms with Crippen molar-refractivity contribution < 1.29 is 9.72 Å². The first-order valence-corrected chi connectivity index (χ1v) is 7.68. The summed E-state index contributed by atoms with van der Waals surface area (Å²) in [5, 5.41) is 14.1. The van der Waals surface area contributed by atoms with E-state index in [0.717, 1.165) is 5.69 Å². The fourth-order valence-corrected chi connectivity index (χ4v) is 2.74. The van der Waals surface area contributed by atoms with Crippen LogP contribution in [-0.4, -0.2) is 20.4 Å². The van der Waals surface area contributed by atoms with Gasteiger partial charge in [0.15, 0.2) is 0 Å². The van der Waals surface area contributed by atoms with Crippen LogP contribution in [0, 0.1) is 17.0 Å². The second-order valence-corrected chi connectivity index (χ2v) is 5.70. The number of halogens is 1. The fourth-order valence-electron chi connectivity index (χ4n) is 2.46. The molecule has 0 radical (unpaired) electrons. The molecule has 3 rings (SSSR count). The molecule has 0 saturated carbocycles. The number of rotatable bonds is 4. The van der Waals surface area contributed by atoms with Crippen LogP contribution in [-0.2, 0) is 0 Å². The third-order valence-electron chi connectivity index (χ3n) is 3.73. The van der Waals surface area contributed by atoms with Gasteiger partial charge in [-0.15, -0.1) is 0 Å². The average molecular weight is 357 g/mol. The quantitative estimate of drug-likeness (QED) is 0.565. The number of benzene rings is 2. The van der Waals surface area contributed by atoms with Crippen LogP contribution in [0.25, 0.3) is 5.69 Å². The van der Waals surface area contributed by atoms with Gasteiger partial charge in [0.25, 0.3) is 11.6 Å². The summed E-state index contributed by atoms with van der Waals surface area (Å²) in [7, 11) is 0. The number of nitrogens with zero attached hydrogens (tertiary/aromatic N) is 3. The molecular weight excluding hydrogens is 344 g/mol. The summed E-state index contributed by atoms with van der Waals surface area (Å²) in [5.41, 5.74) is 1.67. The lowest BCUT2D eigenvalue weighted by Gasteiger charge is -2.10. The Morgan fingerprint density at radius 1 is 1.32 bits per heavy atom. The number of carbonyl (C=O) groups is 1. The highest BCUT2D eigenvalue weighted by molar-refractivity contribution is 6.32. The van der Waals surface area contributed by atoms with Crippen molar-refractivity contribution in [3.63, 3.8) is 0 Å². The molecule has 0 aliphatic carbocycles. The van der Waals surface area contributed by atoms with Crippen molar-refractivity contribution in [2.24, 2.45) is 0 Å². The first-order chi connectivity index (χ1) is 12.0. The molecular formula is C17H13ClN4O3. The maximum Gasteiger partial charge on any atom is 0.273 e. The number of carbonyl (C=O) groups excluding carboxylic acids is 1. The Balaban J connectivity index is 1.86. The van der Waals surface area contributed by atoms with Gasteiger partial charge >= 0.3 is 0 Å². The smallest absolute Gasteiger partial charge is 0.273 e. The molecule has 0 saturated heterocycles. The summed E-state index contributed by atoms with van der Waals surface area (Å²) in [6.45, 7) is 1.54. The second kappa shape index (κ2) is 6.74. The number of imidazole rings is 1. The van der Waals surface area contributed by atoms with Crippen molar-refractivity contribution in [2.75, 3.05) is 5.32 Å². The number of amides is 1. The molecule has 0 unspecified atom stereocenters. The molecule has 2 aromatic carbocycles. The Morgan fingerprint density at radius 3 is 2.76 bits per heavy atom. The Labute approximate surface area is 148 Å². The zero-order valence-corrected chi connectivity index (χ0v) is 13.9. The first kappa shape index (κ1) is 16.7. The summed E-state index contributed by atoms with van der Waals surface area (Å²) in [6, 6.07) is 9.45. The van der Waals surface area contributed by atoms with Crippen molar-refractivity contribution >= 4 is 28.9 Å². The van der Waals surface area contributed by atoms with Crippen molar-refractivity contribution in [3.8, 4) is 5.69 Å². The van der Waals surface area contributed by atoms with Crippen LogP contribution in [0.15, 0.2) is 55.1 Å². The van der Waals surface area contributed by atoms with Gasteiger partial charge in [-0.2, -0.15) is 0 Å². The van der Waals surface area contributed by atoms with Gasteiger partial charge in [-0.25, -0.2) is 4.98 Å². The number of hydrogen-bond acceptors (Lipinski definition) is 4. The van der Waals surface area contributed by atoms with Gasteiger partial charge in [-0.1, -0.05) is 17.7 Å². The molecule has 0 aliphatic heterocycles. The molecule has 0 atom stereocenters. The molecule has 1 aromatic heterocycles. The van der Waals surface area contributed by atoms with Crippen LogP contribution in [0.2, 0.25) is 5.02 Å². The molecule has 1 N–H and O–H groups in total. The maximum absolute atomic E-state index is 12.4. The standard InChI is InChI=1S/C17H13ClN4O3/c1-11-13(3-2-4-15(11)22(24)25)17(23)20-12-5-6-16(14(18)9-12)21-8-7-19-10-21/h2-10H,1H3,(H,20,23). The number of nitro benzene ring substituents is 1. The molecule has 126 valence electrons. The van der Waals surface area contributed by atoms with Crippen LogP contribution in [0.4, 0.5) is 11.4 Å². The van der Waals surface area contributed by atoms with Crippen LogP contribution in [0.1, 0.15) is 15.9 Å². The highest BCUT2D eigenvalue weighted by Gasteiger charge is 2.18. The fraction of sp³-hybridized carbons (Fsp3) is 0.0588. The zero-order chi connectivity index (χ0) is 18.0. The Kier molecular flexibility index (Phi) is 4.49. The number of hydrogen-bond donors (Lipinski definition) is 1. The van der Waals surface area contributed by atoms with Crippen LogP contribution < -0.4 is 5.32 Å². The van der Waals surface area contributed by atoms with Gasteiger partial charge in [0.05, 0.1) is 22.0 Å². The molecule has 0 aliphatic rings. The van der Waals surface area contributed by atoms with E-state index >= 15 is 0 Å². The van der Waals surface area contributed by atoms with Gasteiger partial charge in [0, 0.05) is 35.3 Å². The van der Waals surface area contributed by atoms with E-state index in [-0.39, 0.29) is 11.3 Å². The highest BCUT2D eigenvalue weighted by atomic mass is 35.5. The van der Waals surface area contributed by atoms with E-state index in [1.807, 2.05) is 0 Å². The third-order valence-corrected chi connectivity index (χ3v) is 4.04. The molecule has 7 nitrogen and oxygen atoms in total. The zero-order valence-electron chi connectivity index (χ0n) is 13.1. The maximum atomic E-state index is 12.4. The number of nitrogens with one attached hydrogen (secondary N) is 1. The molecule has 0 spiro atoms. The highest BCUT2D eigenvalue weighted by Crippen LogP contribution is 2.26. The predicted molar refractivity (Wildman–Crippen MR) is 94.4 cm³/mol. The normalized spacial score (nSPS) is 10.5. The van der Waals surface area contributed by atoms with Gasteiger partial charge in [0.2, 0.25) is 0 Å². The van der Waals surface area contributed by atoms with E-state index in [9.17, 15) is 14.9 Å². The van der Waals surface area contributed by atoms with E-state index in [2.05, 4.69) is 10.3 Å². The van der Waals surface area contributed by atoms with E-state index in [4.69, 9.17) is 11.6 Å². The lowest BCUT2D eigenvalue weighted by Crippen LogP contribution is -2.14. The number of nitro groups is 1. The van der Waals surface area contributed by atoms with Crippen molar-refractivity contribution in [3.05, 3.63) is 81.4 Å². The first-order valence-electron chi connectivity index (χ1n) is 7.30. The van der Waals surface area contributed by atoms with Gasteiger partial charge in [-0.3, -0.25) is 14.9 Å². The van der Waals surface area contributed by atoms with Crippen molar-refractivity contribution in [2.45, 2.75) is 6.92 Å². The number of aromatic nitrogens is 2. The minimum absolute atomic E-state index is 0.0962. The lowest BCUT2D eigenvalue weighted by atomic mass is 10.1. The molecule has 0 bridgehead atoms.